The number of amides is 1. The van der Waals surface area contributed by atoms with Crippen LogP contribution in [-0.2, 0) is 6.54 Å². The molecule has 1 saturated carbocycles. The van der Waals surface area contributed by atoms with Crippen molar-refractivity contribution in [3.05, 3.63) is 59.8 Å². The van der Waals surface area contributed by atoms with Crippen molar-refractivity contribution in [2.24, 2.45) is 11.8 Å². The number of piperidine rings is 1. The summed E-state index contributed by atoms with van der Waals surface area (Å²) in [7, 11) is 0. The van der Waals surface area contributed by atoms with Crippen LogP contribution < -0.4 is 15.7 Å². The van der Waals surface area contributed by atoms with Crippen LogP contribution in [0.2, 0.25) is 0 Å². The van der Waals surface area contributed by atoms with Crippen molar-refractivity contribution in [1.82, 2.24) is 25.7 Å². The number of carbonyl (C=O) groups excluding carboxylic acids is 1. The fraction of sp³-hybridized carbons (Fsp3) is 0.300. The van der Waals surface area contributed by atoms with Gasteiger partial charge in [-0.15, -0.1) is 0 Å². The first-order valence-corrected chi connectivity index (χ1v) is 9.43. The van der Waals surface area contributed by atoms with Crippen LogP contribution in [-0.4, -0.2) is 45.2 Å². The lowest BCUT2D eigenvalue weighted by Gasteiger charge is -2.20. The van der Waals surface area contributed by atoms with Gasteiger partial charge in [-0.1, -0.05) is 6.07 Å². The van der Waals surface area contributed by atoms with E-state index >= 15 is 0 Å². The van der Waals surface area contributed by atoms with Crippen molar-refractivity contribution in [3.8, 4) is 0 Å². The summed E-state index contributed by atoms with van der Waals surface area (Å²) < 4.78 is 13.3. The number of fused-ring (bicyclic) bond motifs is 2. The van der Waals surface area contributed by atoms with E-state index in [1.54, 1.807) is 11.5 Å². The number of pyridine rings is 1. The molecule has 3 heterocycles. The van der Waals surface area contributed by atoms with Crippen molar-refractivity contribution in [3.63, 3.8) is 0 Å². The van der Waals surface area contributed by atoms with Crippen LogP contribution in [0.4, 0.5) is 10.3 Å². The number of benzene rings is 1. The molecule has 148 valence electrons. The third-order valence-electron chi connectivity index (χ3n) is 5.68. The monoisotopic (exact) mass is 394 g/mol. The molecule has 3 aromatic rings. The van der Waals surface area contributed by atoms with Gasteiger partial charge in [0.15, 0.2) is 0 Å². The Balaban J connectivity index is 1.18. The van der Waals surface area contributed by atoms with E-state index in [0.717, 1.165) is 29.7 Å². The Bertz CT molecular complexity index is 1080. The van der Waals surface area contributed by atoms with Gasteiger partial charge in [-0.2, -0.15) is 0 Å². The molecule has 29 heavy (non-hydrogen) atoms. The number of nitrogens with zero attached hydrogens (tertiary/aromatic N) is 4. The second kappa shape index (κ2) is 7.02. The molecule has 8 nitrogen and oxygen atoms in total. The predicted octanol–water partition coefficient (Wildman–Crippen LogP) is 1.51. The van der Waals surface area contributed by atoms with Gasteiger partial charge in [0.1, 0.15) is 11.5 Å². The minimum absolute atomic E-state index is 0.134. The van der Waals surface area contributed by atoms with E-state index in [0.29, 0.717) is 30.4 Å². The molecule has 1 amide bonds. The molecule has 1 aliphatic carbocycles. The second-order valence-corrected chi connectivity index (χ2v) is 7.46. The minimum atomic E-state index is -0.650. The van der Waals surface area contributed by atoms with Crippen LogP contribution in [0, 0.1) is 17.7 Å². The van der Waals surface area contributed by atoms with Gasteiger partial charge >= 0.3 is 0 Å². The lowest BCUT2D eigenvalue weighted by Crippen LogP contribution is -2.32. The van der Waals surface area contributed by atoms with Gasteiger partial charge < -0.3 is 10.2 Å². The average molecular weight is 394 g/mol. The number of hydrogen-bond acceptors (Lipinski definition) is 7. The first-order valence-electron chi connectivity index (χ1n) is 9.43. The van der Waals surface area contributed by atoms with Gasteiger partial charge in [-0.25, -0.2) is 19.8 Å². The summed E-state index contributed by atoms with van der Waals surface area (Å²) in [6.45, 7) is 2.29. The van der Waals surface area contributed by atoms with E-state index in [4.69, 9.17) is 5.21 Å². The van der Waals surface area contributed by atoms with Gasteiger partial charge in [0.2, 0.25) is 5.95 Å². The van der Waals surface area contributed by atoms with Crippen LogP contribution in [0.5, 0.6) is 0 Å². The minimum Gasteiger partial charge on any atom is -0.340 e. The first kappa shape index (κ1) is 17.9. The number of rotatable bonds is 5. The Hall–Kier alpha value is -3.17. The van der Waals surface area contributed by atoms with Crippen molar-refractivity contribution >= 4 is 22.8 Å². The average Bonchev–Trinajstić information content (AvgIpc) is 3.20. The summed E-state index contributed by atoms with van der Waals surface area (Å²) in [5.74, 6) is 0.600. The van der Waals surface area contributed by atoms with Crippen molar-refractivity contribution in [1.29, 1.82) is 0 Å². The molecule has 5 rings (SSSR count). The zero-order valence-corrected chi connectivity index (χ0v) is 15.4. The van der Waals surface area contributed by atoms with Crippen LogP contribution in [0.1, 0.15) is 16.2 Å². The Morgan fingerprint density at radius 1 is 1.17 bits per heavy atom. The first-order chi connectivity index (χ1) is 14.1. The number of carbonyl (C=O) groups is 1. The van der Waals surface area contributed by atoms with E-state index in [1.165, 1.54) is 24.4 Å². The Labute approximate surface area is 165 Å². The third-order valence-corrected chi connectivity index (χ3v) is 5.68. The summed E-state index contributed by atoms with van der Waals surface area (Å²) in [6.07, 6.45) is 1.52. The zero-order valence-electron chi connectivity index (χ0n) is 15.4. The van der Waals surface area contributed by atoms with Gasteiger partial charge in [-0.05, 0) is 42.2 Å². The summed E-state index contributed by atoms with van der Waals surface area (Å²) >= 11 is 0. The summed E-state index contributed by atoms with van der Waals surface area (Å²) in [5.41, 5.74) is 3.44. The molecule has 2 fully saturated rings. The van der Waals surface area contributed by atoms with Crippen molar-refractivity contribution < 1.29 is 14.4 Å². The van der Waals surface area contributed by atoms with E-state index < -0.39 is 5.91 Å². The molecule has 1 aromatic carbocycles. The number of hydroxylamine groups is 1. The fourth-order valence-electron chi connectivity index (χ4n) is 4.14. The third kappa shape index (κ3) is 3.39. The predicted molar refractivity (Wildman–Crippen MR) is 103 cm³/mol. The number of anilines is 1. The van der Waals surface area contributed by atoms with Gasteiger partial charge in [-0.3, -0.25) is 15.0 Å². The molecule has 3 N–H and O–H groups in total. The second-order valence-electron chi connectivity index (χ2n) is 7.46. The number of hydrogen-bond donors (Lipinski definition) is 3. The number of halogens is 1. The van der Waals surface area contributed by atoms with Crippen LogP contribution in [0.25, 0.3) is 10.9 Å². The molecule has 2 aliphatic rings. The summed E-state index contributed by atoms with van der Waals surface area (Å²) in [6, 6.07) is 10.3. The van der Waals surface area contributed by atoms with Gasteiger partial charge in [0.05, 0.1) is 11.2 Å². The maximum atomic E-state index is 13.3. The van der Waals surface area contributed by atoms with Gasteiger partial charge in [0, 0.05) is 37.3 Å². The molecule has 1 aliphatic heterocycles. The summed E-state index contributed by atoms with van der Waals surface area (Å²) in [4.78, 5) is 26.6. The van der Waals surface area contributed by atoms with Crippen molar-refractivity contribution in [2.45, 2.75) is 12.6 Å². The molecule has 2 aromatic heterocycles. The fourth-order valence-corrected chi connectivity index (χ4v) is 4.14. The molecule has 0 bridgehead atoms. The molecule has 1 saturated heterocycles. The molecule has 1 unspecified atom stereocenters. The Kier molecular flexibility index (Phi) is 4.33. The molecule has 9 heteroatoms. The maximum absolute atomic E-state index is 13.3. The standard InChI is InChI=1S/C20H19FN6O2/c21-12-2-4-16-11(7-12)1-3-13(24-16)8-23-18-14-9-27(10-15(14)18)20-22-6-5-17(25-20)19(28)26-29/h1-7,14-15,18,23,29H,8-10H2,(H,26,28)/t14-,15+,18?. The lowest BCUT2D eigenvalue weighted by molar-refractivity contribution is 0.0700. The summed E-state index contributed by atoms with van der Waals surface area (Å²) in [5, 5.41) is 13.1. The molecular formula is C20H19FN6O2. The van der Waals surface area contributed by atoms with E-state index in [-0.39, 0.29) is 11.5 Å². The van der Waals surface area contributed by atoms with Gasteiger partial charge in [0.25, 0.3) is 5.91 Å². The van der Waals surface area contributed by atoms with Crippen LogP contribution in [0.15, 0.2) is 42.6 Å². The van der Waals surface area contributed by atoms with E-state index in [1.807, 2.05) is 12.1 Å². The highest BCUT2D eigenvalue weighted by molar-refractivity contribution is 5.91. The van der Waals surface area contributed by atoms with Crippen LogP contribution in [0.3, 0.4) is 0 Å². The Morgan fingerprint density at radius 2 is 2.00 bits per heavy atom. The topological polar surface area (TPSA) is 103 Å². The SMILES string of the molecule is O=C(NO)c1ccnc(N2C[C@@H]3C(NCc4ccc5cc(F)ccc5n4)[C@@H]3C2)n1. The smallest absolute Gasteiger partial charge is 0.293 e. The number of aromatic nitrogens is 3. The maximum Gasteiger partial charge on any atom is 0.293 e. The highest BCUT2D eigenvalue weighted by atomic mass is 19.1. The van der Waals surface area contributed by atoms with Crippen LogP contribution >= 0.6 is 0 Å². The lowest BCUT2D eigenvalue weighted by atomic mass is 10.2. The quantitative estimate of drug-likeness (QED) is 0.445. The molecule has 3 atom stereocenters. The number of nitrogens with one attached hydrogen (secondary N) is 2. The highest BCUT2D eigenvalue weighted by Gasteiger charge is 2.56. The molecule has 0 spiro atoms. The van der Waals surface area contributed by atoms with E-state index in [9.17, 15) is 9.18 Å². The van der Waals surface area contributed by atoms with Crippen molar-refractivity contribution in [2.75, 3.05) is 18.0 Å². The normalized spacial score (nSPS) is 22.6. The highest BCUT2D eigenvalue weighted by Crippen LogP contribution is 2.46. The molecular weight excluding hydrogens is 375 g/mol. The molecule has 0 radical (unpaired) electrons. The van der Waals surface area contributed by atoms with E-state index in [2.05, 4.69) is 25.2 Å². The largest absolute Gasteiger partial charge is 0.340 e. The Morgan fingerprint density at radius 3 is 2.79 bits per heavy atom. The zero-order chi connectivity index (χ0) is 20.0.